The van der Waals surface area contributed by atoms with E-state index in [1.54, 1.807) is 12.1 Å². The molecule has 0 fully saturated rings. The zero-order valence-electron chi connectivity index (χ0n) is 8.54. The lowest BCUT2D eigenvalue weighted by atomic mass is 10.2. The molecule has 0 spiro atoms. The van der Waals surface area contributed by atoms with E-state index in [0.717, 1.165) is 5.56 Å². The average molecular weight is 238 g/mol. The third-order valence-electron chi connectivity index (χ3n) is 1.95. The second-order valence-corrected chi connectivity index (χ2v) is 3.77. The summed E-state index contributed by atoms with van der Waals surface area (Å²) < 4.78 is 13.1. The van der Waals surface area contributed by atoms with Crippen molar-refractivity contribution in [2.24, 2.45) is 0 Å². The number of anilines is 2. The Bertz CT molecular complexity index is 479. The summed E-state index contributed by atoms with van der Waals surface area (Å²) in [5, 5.41) is 10.8. The average Bonchev–Trinajstić information content (AvgIpc) is 2.20. The summed E-state index contributed by atoms with van der Waals surface area (Å²) in [5.74, 6) is 0.235. The molecule has 2 rings (SSSR count). The van der Waals surface area contributed by atoms with Crippen LogP contribution in [0.3, 0.4) is 0 Å². The monoisotopic (exact) mass is 237 g/mol. The van der Waals surface area contributed by atoms with Gasteiger partial charge in [0.1, 0.15) is 5.82 Å². The van der Waals surface area contributed by atoms with Crippen LogP contribution in [-0.2, 0) is 0 Å². The van der Waals surface area contributed by atoms with E-state index in [1.807, 2.05) is 13.0 Å². The molecule has 5 heteroatoms. The minimum absolute atomic E-state index is 0.288. The fourth-order valence-electron chi connectivity index (χ4n) is 1.34. The Labute approximate surface area is 97.3 Å². The Hall–Kier alpha value is -1.68. The summed E-state index contributed by atoms with van der Waals surface area (Å²) in [6, 6.07) is 7.96. The summed E-state index contributed by atoms with van der Waals surface area (Å²) in [6.45, 7) is 1.82. The number of aromatic nitrogens is 2. The van der Waals surface area contributed by atoms with E-state index in [2.05, 4.69) is 15.5 Å². The first-order valence-electron chi connectivity index (χ1n) is 4.67. The maximum Gasteiger partial charge on any atom is 0.153 e. The predicted molar refractivity (Wildman–Crippen MR) is 61.5 cm³/mol. The lowest BCUT2D eigenvalue weighted by Gasteiger charge is -2.05. The highest BCUT2D eigenvalue weighted by atomic mass is 35.5. The van der Waals surface area contributed by atoms with Gasteiger partial charge in [0.25, 0.3) is 0 Å². The van der Waals surface area contributed by atoms with Crippen molar-refractivity contribution in [3.63, 3.8) is 0 Å². The molecule has 1 aromatic carbocycles. The first-order valence-corrected chi connectivity index (χ1v) is 5.05. The summed E-state index contributed by atoms with van der Waals surface area (Å²) in [6.07, 6.45) is 0. The van der Waals surface area contributed by atoms with Gasteiger partial charge in [-0.05, 0) is 42.8 Å². The lowest BCUT2D eigenvalue weighted by Crippen LogP contribution is -1.96. The number of aryl methyl sites for hydroxylation is 1. The van der Waals surface area contributed by atoms with Gasteiger partial charge in [-0.15, -0.1) is 10.2 Å². The third-order valence-corrected chi connectivity index (χ3v) is 2.15. The van der Waals surface area contributed by atoms with Crippen LogP contribution in [0.1, 0.15) is 5.56 Å². The van der Waals surface area contributed by atoms with Crippen molar-refractivity contribution in [1.82, 2.24) is 10.2 Å². The molecule has 0 aliphatic rings. The number of rotatable bonds is 2. The van der Waals surface area contributed by atoms with Crippen LogP contribution >= 0.6 is 11.6 Å². The van der Waals surface area contributed by atoms with Crippen molar-refractivity contribution < 1.29 is 4.39 Å². The minimum Gasteiger partial charge on any atom is -0.339 e. The van der Waals surface area contributed by atoms with Gasteiger partial charge < -0.3 is 5.32 Å². The molecule has 2 aromatic rings. The fraction of sp³-hybridized carbons (Fsp3) is 0.0909. The van der Waals surface area contributed by atoms with E-state index in [0.29, 0.717) is 16.7 Å². The summed E-state index contributed by atoms with van der Waals surface area (Å²) >= 11 is 5.60. The van der Waals surface area contributed by atoms with Gasteiger partial charge in [-0.2, -0.15) is 0 Å². The van der Waals surface area contributed by atoms with E-state index in [-0.39, 0.29) is 5.82 Å². The standard InChI is InChI=1S/C11H9ClFN3/c1-7-4-8(13)6-9(5-7)14-11-3-2-10(12)15-16-11/h2-6H,1H3,(H,14,16). The van der Waals surface area contributed by atoms with Crippen molar-refractivity contribution in [1.29, 1.82) is 0 Å². The van der Waals surface area contributed by atoms with E-state index in [1.165, 1.54) is 12.1 Å². The van der Waals surface area contributed by atoms with Crippen LogP contribution in [-0.4, -0.2) is 10.2 Å². The molecule has 3 nitrogen and oxygen atoms in total. The molecule has 16 heavy (non-hydrogen) atoms. The number of benzene rings is 1. The van der Waals surface area contributed by atoms with Gasteiger partial charge in [0.2, 0.25) is 0 Å². The Morgan fingerprint density at radius 2 is 2.00 bits per heavy atom. The van der Waals surface area contributed by atoms with Crippen LogP contribution < -0.4 is 5.32 Å². The van der Waals surface area contributed by atoms with Gasteiger partial charge >= 0.3 is 0 Å². The van der Waals surface area contributed by atoms with E-state index in [4.69, 9.17) is 11.6 Å². The van der Waals surface area contributed by atoms with Crippen molar-refractivity contribution in [3.05, 3.63) is 46.9 Å². The molecule has 0 amide bonds. The van der Waals surface area contributed by atoms with Crippen molar-refractivity contribution in [2.75, 3.05) is 5.32 Å². The summed E-state index contributed by atoms with van der Waals surface area (Å²) in [5.41, 5.74) is 1.47. The van der Waals surface area contributed by atoms with Crippen LogP contribution in [0.2, 0.25) is 5.15 Å². The first-order chi connectivity index (χ1) is 7.63. The zero-order valence-corrected chi connectivity index (χ0v) is 9.29. The van der Waals surface area contributed by atoms with Crippen LogP contribution in [0.5, 0.6) is 0 Å². The Morgan fingerprint density at radius 1 is 1.19 bits per heavy atom. The van der Waals surface area contributed by atoms with E-state index >= 15 is 0 Å². The maximum absolute atomic E-state index is 13.1. The normalized spacial score (nSPS) is 10.2. The van der Waals surface area contributed by atoms with Gasteiger partial charge in [-0.25, -0.2) is 4.39 Å². The topological polar surface area (TPSA) is 37.8 Å². The quantitative estimate of drug-likeness (QED) is 0.871. The molecule has 1 aromatic heterocycles. The molecule has 0 aliphatic carbocycles. The Kier molecular flexibility index (Phi) is 3.01. The number of nitrogens with one attached hydrogen (secondary N) is 1. The molecular weight excluding hydrogens is 229 g/mol. The zero-order chi connectivity index (χ0) is 11.5. The number of hydrogen-bond acceptors (Lipinski definition) is 3. The highest BCUT2D eigenvalue weighted by molar-refractivity contribution is 6.29. The van der Waals surface area contributed by atoms with Gasteiger partial charge in [0, 0.05) is 5.69 Å². The molecule has 82 valence electrons. The van der Waals surface area contributed by atoms with E-state index < -0.39 is 0 Å². The largest absolute Gasteiger partial charge is 0.339 e. The van der Waals surface area contributed by atoms with Crippen molar-refractivity contribution in [2.45, 2.75) is 6.92 Å². The van der Waals surface area contributed by atoms with Gasteiger partial charge in [-0.3, -0.25) is 0 Å². The summed E-state index contributed by atoms with van der Waals surface area (Å²) in [7, 11) is 0. The predicted octanol–water partition coefficient (Wildman–Crippen LogP) is 3.32. The van der Waals surface area contributed by atoms with Crippen LogP contribution in [0.15, 0.2) is 30.3 Å². The molecular formula is C11H9ClFN3. The maximum atomic E-state index is 13.1. The minimum atomic E-state index is -0.288. The van der Waals surface area contributed by atoms with Gasteiger partial charge in [-0.1, -0.05) is 11.6 Å². The van der Waals surface area contributed by atoms with Crippen LogP contribution in [0.4, 0.5) is 15.9 Å². The van der Waals surface area contributed by atoms with Crippen molar-refractivity contribution >= 4 is 23.1 Å². The number of halogens is 2. The second kappa shape index (κ2) is 4.45. The highest BCUT2D eigenvalue weighted by Gasteiger charge is 2.00. The van der Waals surface area contributed by atoms with Gasteiger partial charge in [0.15, 0.2) is 11.0 Å². The Balaban J connectivity index is 2.23. The van der Waals surface area contributed by atoms with Crippen LogP contribution in [0.25, 0.3) is 0 Å². The van der Waals surface area contributed by atoms with Gasteiger partial charge in [0.05, 0.1) is 0 Å². The molecule has 0 radical (unpaired) electrons. The Morgan fingerprint density at radius 3 is 2.62 bits per heavy atom. The third kappa shape index (κ3) is 2.67. The molecule has 0 saturated heterocycles. The van der Waals surface area contributed by atoms with Crippen LogP contribution in [0, 0.1) is 12.7 Å². The van der Waals surface area contributed by atoms with Crippen molar-refractivity contribution in [3.8, 4) is 0 Å². The molecule has 0 aliphatic heterocycles. The SMILES string of the molecule is Cc1cc(F)cc(Nc2ccc(Cl)nn2)c1. The molecule has 0 atom stereocenters. The molecule has 0 saturated carbocycles. The summed E-state index contributed by atoms with van der Waals surface area (Å²) in [4.78, 5) is 0. The fourth-order valence-corrected chi connectivity index (χ4v) is 1.44. The molecule has 1 heterocycles. The smallest absolute Gasteiger partial charge is 0.153 e. The molecule has 0 bridgehead atoms. The number of hydrogen-bond donors (Lipinski definition) is 1. The lowest BCUT2D eigenvalue weighted by molar-refractivity contribution is 0.627. The highest BCUT2D eigenvalue weighted by Crippen LogP contribution is 2.17. The first kappa shape index (κ1) is 10.8. The second-order valence-electron chi connectivity index (χ2n) is 3.38. The molecule has 0 unspecified atom stereocenters. The number of nitrogens with zero attached hydrogens (tertiary/aromatic N) is 2. The van der Waals surface area contributed by atoms with E-state index in [9.17, 15) is 4.39 Å². The molecule has 1 N–H and O–H groups in total.